The summed E-state index contributed by atoms with van der Waals surface area (Å²) in [4.78, 5) is 25.9. The summed E-state index contributed by atoms with van der Waals surface area (Å²) in [5, 5.41) is -0.263. The number of esters is 1. The number of rotatable bonds is 3. The van der Waals surface area contributed by atoms with Crippen LogP contribution in [0.2, 0.25) is 5.02 Å². The Morgan fingerprint density at radius 1 is 1.22 bits per heavy atom. The minimum Gasteiger partial charge on any atom is -0.452 e. The Morgan fingerprint density at radius 3 is 2.39 bits per heavy atom. The lowest BCUT2D eigenvalue weighted by atomic mass is 9.97. The molecule has 1 aliphatic rings. The molecule has 0 N–H and O–H groups in total. The summed E-state index contributed by atoms with van der Waals surface area (Å²) < 4.78 is 31.1. The van der Waals surface area contributed by atoms with Crippen LogP contribution in [0, 0.1) is 11.6 Å². The zero-order chi connectivity index (χ0) is 17.1. The number of nitrogens with zero attached hydrogens (tertiary/aromatic N) is 1. The van der Waals surface area contributed by atoms with Crippen LogP contribution in [0.25, 0.3) is 0 Å². The van der Waals surface area contributed by atoms with E-state index in [9.17, 15) is 18.4 Å². The minimum absolute atomic E-state index is 0.0804. The van der Waals surface area contributed by atoms with Crippen LogP contribution in [0.4, 0.5) is 8.78 Å². The van der Waals surface area contributed by atoms with Gasteiger partial charge in [0.25, 0.3) is 5.91 Å². The molecule has 0 aliphatic carbocycles. The van der Waals surface area contributed by atoms with E-state index in [0.717, 1.165) is 19.3 Å². The summed E-state index contributed by atoms with van der Waals surface area (Å²) in [5.41, 5.74) is -0.307. The third-order valence-corrected chi connectivity index (χ3v) is 4.35. The molecule has 4 nitrogen and oxygen atoms in total. The summed E-state index contributed by atoms with van der Waals surface area (Å²) in [5.74, 6) is -3.62. The predicted octanol–water partition coefficient (Wildman–Crippen LogP) is 3.56. The van der Waals surface area contributed by atoms with Gasteiger partial charge in [-0.25, -0.2) is 13.6 Å². The smallest absolute Gasteiger partial charge is 0.340 e. The van der Waals surface area contributed by atoms with E-state index in [1.807, 2.05) is 13.8 Å². The zero-order valence-electron chi connectivity index (χ0n) is 12.9. The Morgan fingerprint density at radius 2 is 1.78 bits per heavy atom. The highest BCUT2D eigenvalue weighted by molar-refractivity contribution is 6.33. The van der Waals surface area contributed by atoms with Crippen LogP contribution in [-0.2, 0) is 9.53 Å². The van der Waals surface area contributed by atoms with Crippen LogP contribution in [0.15, 0.2) is 12.1 Å². The molecule has 0 aromatic heterocycles. The number of hydrogen-bond acceptors (Lipinski definition) is 3. The summed E-state index contributed by atoms with van der Waals surface area (Å²) in [6.07, 6.45) is 2.86. The van der Waals surface area contributed by atoms with Crippen molar-refractivity contribution in [2.24, 2.45) is 0 Å². The molecular weight excluding hydrogens is 328 g/mol. The van der Waals surface area contributed by atoms with E-state index in [1.165, 1.54) is 0 Å². The lowest BCUT2D eigenvalue weighted by Crippen LogP contribution is -2.49. The molecule has 1 fully saturated rings. The topological polar surface area (TPSA) is 46.6 Å². The maximum Gasteiger partial charge on any atom is 0.340 e. The first-order chi connectivity index (χ1) is 10.8. The second-order valence-electron chi connectivity index (χ2n) is 5.75. The van der Waals surface area contributed by atoms with E-state index in [2.05, 4.69) is 0 Å². The number of benzene rings is 1. The number of hydrogen-bond donors (Lipinski definition) is 0. The van der Waals surface area contributed by atoms with E-state index in [0.29, 0.717) is 12.1 Å². The number of carbonyl (C=O) groups is 2. The molecule has 2 atom stereocenters. The molecular formula is C16H18ClF2NO3. The van der Waals surface area contributed by atoms with Crippen molar-refractivity contribution in [1.82, 2.24) is 4.90 Å². The van der Waals surface area contributed by atoms with Crippen molar-refractivity contribution < 1.29 is 23.1 Å². The van der Waals surface area contributed by atoms with E-state index < -0.39 is 24.2 Å². The third-order valence-electron chi connectivity index (χ3n) is 4.04. The van der Waals surface area contributed by atoms with E-state index >= 15 is 0 Å². The molecule has 126 valence electrons. The van der Waals surface area contributed by atoms with Gasteiger partial charge >= 0.3 is 5.97 Å². The Kier molecular flexibility index (Phi) is 5.57. The van der Waals surface area contributed by atoms with Crippen LogP contribution in [-0.4, -0.2) is 35.5 Å². The van der Waals surface area contributed by atoms with Crippen LogP contribution in [0.1, 0.15) is 43.5 Å². The minimum atomic E-state index is -1.20. The van der Waals surface area contributed by atoms with Gasteiger partial charge in [0, 0.05) is 12.1 Å². The number of carbonyl (C=O) groups excluding carboxylic acids is 2. The fourth-order valence-corrected chi connectivity index (χ4v) is 3.10. The number of halogens is 3. The maximum atomic E-state index is 13.2. The standard InChI is InChI=1S/C16H18ClF2NO3/c1-9-4-3-5-10(2)20(9)15(21)8-23-16(22)11-6-13(18)14(19)7-12(11)17/h6-7,9-10H,3-5,8H2,1-2H3/t9-,10-/m0/s1. The summed E-state index contributed by atoms with van der Waals surface area (Å²) in [6, 6.07) is 1.52. The number of likely N-dealkylation sites (tertiary alicyclic amines) is 1. The molecule has 1 aliphatic heterocycles. The molecule has 0 radical (unpaired) electrons. The van der Waals surface area contributed by atoms with Crippen molar-refractivity contribution in [3.63, 3.8) is 0 Å². The molecule has 0 spiro atoms. The van der Waals surface area contributed by atoms with E-state index in [4.69, 9.17) is 16.3 Å². The van der Waals surface area contributed by atoms with Gasteiger partial charge in [-0.2, -0.15) is 0 Å². The average molecular weight is 346 g/mol. The molecule has 23 heavy (non-hydrogen) atoms. The van der Waals surface area contributed by atoms with Gasteiger partial charge in [-0.3, -0.25) is 4.79 Å². The Hall–Kier alpha value is -1.69. The molecule has 0 saturated carbocycles. The lowest BCUT2D eigenvalue weighted by molar-refractivity contribution is -0.140. The highest BCUT2D eigenvalue weighted by Crippen LogP contribution is 2.23. The Labute approximate surface area is 138 Å². The largest absolute Gasteiger partial charge is 0.452 e. The molecule has 7 heteroatoms. The highest BCUT2D eigenvalue weighted by atomic mass is 35.5. The lowest BCUT2D eigenvalue weighted by Gasteiger charge is -2.38. The van der Waals surface area contributed by atoms with Crippen molar-refractivity contribution in [2.75, 3.05) is 6.61 Å². The maximum absolute atomic E-state index is 13.2. The SMILES string of the molecule is C[C@H]1CCC[C@H](C)N1C(=O)COC(=O)c1cc(F)c(F)cc1Cl. The van der Waals surface area contributed by atoms with Gasteiger partial charge in [0.15, 0.2) is 18.2 Å². The summed E-state index contributed by atoms with van der Waals surface area (Å²) in [6.45, 7) is 3.44. The first kappa shape index (κ1) is 17.7. The highest BCUT2D eigenvalue weighted by Gasteiger charge is 2.29. The number of piperidine rings is 1. The van der Waals surface area contributed by atoms with Crippen molar-refractivity contribution >= 4 is 23.5 Å². The number of ether oxygens (including phenoxy) is 1. The van der Waals surface area contributed by atoms with E-state index in [1.54, 1.807) is 4.90 Å². The Balaban J connectivity index is 2.01. The molecule has 0 unspecified atom stereocenters. The average Bonchev–Trinajstić information content (AvgIpc) is 2.48. The normalized spacial score (nSPS) is 21.2. The fraction of sp³-hybridized carbons (Fsp3) is 0.500. The van der Waals surface area contributed by atoms with Gasteiger partial charge in [0.1, 0.15) is 0 Å². The molecule has 1 aromatic rings. The molecule has 0 bridgehead atoms. The van der Waals surface area contributed by atoms with Gasteiger partial charge < -0.3 is 9.64 Å². The molecule has 1 heterocycles. The van der Waals surface area contributed by atoms with Crippen LogP contribution in [0.3, 0.4) is 0 Å². The van der Waals surface area contributed by atoms with Gasteiger partial charge in [0.2, 0.25) is 0 Å². The molecule has 1 aromatic carbocycles. The second kappa shape index (κ2) is 7.25. The van der Waals surface area contributed by atoms with Gasteiger partial charge in [-0.05, 0) is 45.2 Å². The zero-order valence-corrected chi connectivity index (χ0v) is 13.7. The number of amides is 1. The van der Waals surface area contributed by atoms with E-state index in [-0.39, 0.29) is 28.6 Å². The third kappa shape index (κ3) is 3.99. The van der Waals surface area contributed by atoms with Crippen molar-refractivity contribution in [2.45, 2.75) is 45.2 Å². The van der Waals surface area contributed by atoms with Crippen molar-refractivity contribution in [3.05, 3.63) is 34.4 Å². The van der Waals surface area contributed by atoms with Gasteiger partial charge in [0.05, 0.1) is 10.6 Å². The van der Waals surface area contributed by atoms with Gasteiger partial charge in [-0.15, -0.1) is 0 Å². The summed E-state index contributed by atoms with van der Waals surface area (Å²) >= 11 is 5.70. The van der Waals surface area contributed by atoms with Crippen LogP contribution < -0.4 is 0 Å². The fourth-order valence-electron chi connectivity index (χ4n) is 2.87. The predicted molar refractivity (Wildman–Crippen MR) is 81.3 cm³/mol. The first-order valence-electron chi connectivity index (χ1n) is 7.44. The molecule has 2 rings (SSSR count). The quantitative estimate of drug-likeness (QED) is 0.621. The van der Waals surface area contributed by atoms with Gasteiger partial charge in [-0.1, -0.05) is 11.6 Å². The molecule has 1 amide bonds. The first-order valence-corrected chi connectivity index (χ1v) is 7.82. The van der Waals surface area contributed by atoms with Crippen LogP contribution in [0.5, 0.6) is 0 Å². The van der Waals surface area contributed by atoms with Crippen molar-refractivity contribution in [3.8, 4) is 0 Å². The molecule has 1 saturated heterocycles. The second-order valence-corrected chi connectivity index (χ2v) is 6.16. The summed E-state index contributed by atoms with van der Waals surface area (Å²) in [7, 11) is 0. The van der Waals surface area contributed by atoms with Crippen molar-refractivity contribution in [1.29, 1.82) is 0 Å². The monoisotopic (exact) mass is 345 g/mol. The Bertz CT molecular complexity index is 614. The van der Waals surface area contributed by atoms with Crippen LogP contribution >= 0.6 is 11.6 Å².